The van der Waals surface area contributed by atoms with Crippen molar-refractivity contribution in [1.29, 1.82) is 0 Å². The molecule has 1 amide bonds. The van der Waals surface area contributed by atoms with Gasteiger partial charge in [-0.15, -0.1) is 11.3 Å². The maximum atomic E-state index is 12.6. The van der Waals surface area contributed by atoms with Gasteiger partial charge in [-0.25, -0.2) is 9.97 Å². The third kappa shape index (κ3) is 3.48. The summed E-state index contributed by atoms with van der Waals surface area (Å²) in [5.74, 6) is -0.00490. The minimum atomic E-state index is -0.228. The highest BCUT2D eigenvalue weighted by molar-refractivity contribution is 8.00. The van der Waals surface area contributed by atoms with E-state index >= 15 is 0 Å². The van der Waals surface area contributed by atoms with E-state index < -0.39 is 0 Å². The highest BCUT2D eigenvalue weighted by Gasteiger charge is 2.23. The van der Waals surface area contributed by atoms with E-state index in [1.54, 1.807) is 17.7 Å². The Hall–Kier alpha value is -1.92. The highest BCUT2D eigenvalue weighted by atomic mass is 32.2. The number of nitrogens with zero attached hydrogens (tertiary/aromatic N) is 2. The van der Waals surface area contributed by atoms with Crippen molar-refractivity contribution in [3.05, 3.63) is 46.6 Å². The summed E-state index contributed by atoms with van der Waals surface area (Å²) in [7, 11) is 0. The van der Waals surface area contributed by atoms with Crippen LogP contribution in [0.5, 0.6) is 0 Å². The molecule has 6 heteroatoms. The molecule has 0 fully saturated rings. The van der Waals surface area contributed by atoms with Gasteiger partial charge in [0.2, 0.25) is 5.91 Å². The average Bonchev–Trinajstić information content (AvgIpc) is 3.03. The molecule has 2 heterocycles. The summed E-state index contributed by atoms with van der Waals surface area (Å²) >= 11 is 3.31. The normalized spacial score (nSPS) is 14.8. The van der Waals surface area contributed by atoms with Crippen LogP contribution >= 0.6 is 23.1 Å². The van der Waals surface area contributed by atoms with Crippen molar-refractivity contribution < 1.29 is 4.79 Å². The molecule has 4 rings (SSSR count). The number of hydrogen-bond donors (Lipinski definition) is 1. The molecule has 134 valence electrons. The first-order valence-corrected chi connectivity index (χ1v) is 10.6. The van der Waals surface area contributed by atoms with Crippen molar-refractivity contribution in [3.63, 3.8) is 0 Å². The number of nitrogens with one attached hydrogen (secondary N) is 1. The number of hydrogen-bond acceptors (Lipinski definition) is 5. The van der Waals surface area contributed by atoms with Crippen molar-refractivity contribution in [2.75, 3.05) is 5.32 Å². The second kappa shape index (κ2) is 7.37. The SMILES string of the molecule is Cc1ccc(NC(=O)[C@H](C)Sc2ncnc3sc4c(c23)CCCC4)cc1. The largest absolute Gasteiger partial charge is 0.325 e. The van der Waals surface area contributed by atoms with Gasteiger partial charge >= 0.3 is 0 Å². The zero-order valence-electron chi connectivity index (χ0n) is 14.9. The van der Waals surface area contributed by atoms with Crippen molar-refractivity contribution in [2.45, 2.75) is 49.8 Å². The van der Waals surface area contributed by atoms with Gasteiger partial charge in [0.05, 0.1) is 5.25 Å². The maximum Gasteiger partial charge on any atom is 0.237 e. The summed E-state index contributed by atoms with van der Waals surface area (Å²) < 4.78 is 0. The van der Waals surface area contributed by atoms with Gasteiger partial charge in [-0.1, -0.05) is 29.5 Å². The van der Waals surface area contributed by atoms with Gasteiger partial charge in [-0.2, -0.15) is 0 Å². The van der Waals surface area contributed by atoms with Crippen LogP contribution in [0.4, 0.5) is 5.69 Å². The number of rotatable bonds is 4. The molecule has 4 nitrogen and oxygen atoms in total. The first-order valence-electron chi connectivity index (χ1n) is 8.91. The van der Waals surface area contributed by atoms with E-state index in [2.05, 4.69) is 15.3 Å². The fourth-order valence-corrected chi connectivity index (χ4v) is 5.49. The lowest BCUT2D eigenvalue weighted by molar-refractivity contribution is -0.115. The molecule has 3 aromatic rings. The standard InChI is InChI=1S/C20H21N3OS2/c1-12-7-9-14(10-8-12)23-18(24)13(2)25-19-17-15-5-3-4-6-16(15)26-20(17)22-11-21-19/h7-11,13H,3-6H2,1-2H3,(H,23,24)/t13-/m0/s1. The van der Waals surface area contributed by atoms with E-state index in [0.29, 0.717) is 0 Å². The Balaban J connectivity index is 1.55. The number of carbonyl (C=O) groups is 1. The summed E-state index contributed by atoms with van der Waals surface area (Å²) in [4.78, 5) is 24.1. The number of aryl methyl sites for hydroxylation is 3. The topological polar surface area (TPSA) is 54.9 Å². The van der Waals surface area contributed by atoms with E-state index in [0.717, 1.165) is 28.4 Å². The number of fused-ring (bicyclic) bond motifs is 3. The number of aromatic nitrogens is 2. The molecule has 1 aliphatic carbocycles. The van der Waals surface area contributed by atoms with Gasteiger partial charge < -0.3 is 5.32 Å². The van der Waals surface area contributed by atoms with Crippen LogP contribution in [0.2, 0.25) is 0 Å². The molecule has 0 saturated carbocycles. The molecule has 0 spiro atoms. The molecule has 0 bridgehead atoms. The monoisotopic (exact) mass is 383 g/mol. The van der Waals surface area contributed by atoms with Crippen molar-refractivity contribution in [1.82, 2.24) is 9.97 Å². The fourth-order valence-electron chi connectivity index (χ4n) is 3.25. The lowest BCUT2D eigenvalue weighted by atomic mass is 9.97. The van der Waals surface area contributed by atoms with Crippen LogP contribution < -0.4 is 5.32 Å². The minimum Gasteiger partial charge on any atom is -0.325 e. The van der Waals surface area contributed by atoms with Crippen LogP contribution in [0.25, 0.3) is 10.2 Å². The zero-order valence-corrected chi connectivity index (χ0v) is 16.5. The van der Waals surface area contributed by atoms with Crippen LogP contribution in [0, 0.1) is 6.92 Å². The lowest BCUT2D eigenvalue weighted by Gasteiger charge is -2.14. The number of anilines is 1. The molecule has 1 atom stereocenters. The van der Waals surface area contributed by atoms with E-state index in [1.165, 1.54) is 46.0 Å². The van der Waals surface area contributed by atoms with E-state index in [1.807, 2.05) is 38.1 Å². The predicted octanol–water partition coefficient (Wildman–Crippen LogP) is 5.00. The molecule has 2 aromatic heterocycles. The Labute approximate surface area is 161 Å². The molecule has 0 unspecified atom stereocenters. The van der Waals surface area contributed by atoms with E-state index in [9.17, 15) is 4.79 Å². The Morgan fingerprint density at radius 2 is 1.96 bits per heavy atom. The number of amides is 1. The molecule has 26 heavy (non-hydrogen) atoms. The molecule has 1 aromatic carbocycles. The molecular weight excluding hydrogens is 362 g/mol. The van der Waals surface area contributed by atoms with Crippen LogP contribution in [0.1, 0.15) is 35.8 Å². The molecule has 1 aliphatic rings. The zero-order chi connectivity index (χ0) is 18.1. The summed E-state index contributed by atoms with van der Waals surface area (Å²) in [6.45, 7) is 3.97. The molecule has 0 radical (unpaired) electrons. The Bertz CT molecular complexity index is 950. The van der Waals surface area contributed by atoms with Gasteiger partial charge in [0.1, 0.15) is 16.2 Å². The molecule has 1 N–H and O–H groups in total. The van der Waals surface area contributed by atoms with Crippen LogP contribution in [0.15, 0.2) is 35.6 Å². The first-order chi connectivity index (χ1) is 12.6. The second-order valence-electron chi connectivity index (χ2n) is 6.69. The van der Waals surface area contributed by atoms with E-state index in [4.69, 9.17) is 0 Å². The van der Waals surface area contributed by atoms with Gasteiger partial charge in [-0.05, 0) is 57.2 Å². The molecular formula is C20H21N3OS2. The second-order valence-corrected chi connectivity index (χ2v) is 9.10. The first kappa shape index (κ1) is 17.5. The Morgan fingerprint density at radius 3 is 2.77 bits per heavy atom. The summed E-state index contributed by atoms with van der Waals surface area (Å²) in [5, 5.41) is 4.87. The average molecular weight is 384 g/mol. The summed E-state index contributed by atoms with van der Waals surface area (Å²) in [6.07, 6.45) is 6.34. The third-order valence-corrected chi connectivity index (χ3v) is 6.99. The molecule has 0 saturated heterocycles. The maximum absolute atomic E-state index is 12.6. The number of thioether (sulfide) groups is 1. The Morgan fingerprint density at radius 1 is 1.19 bits per heavy atom. The van der Waals surface area contributed by atoms with Crippen molar-refractivity contribution in [3.8, 4) is 0 Å². The minimum absolute atomic E-state index is 0.00490. The van der Waals surface area contributed by atoms with E-state index in [-0.39, 0.29) is 11.2 Å². The molecule has 0 aliphatic heterocycles. The predicted molar refractivity (Wildman–Crippen MR) is 109 cm³/mol. The van der Waals surface area contributed by atoms with Gasteiger partial charge in [0, 0.05) is 16.0 Å². The van der Waals surface area contributed by atoms with Crippen LogP contribution in [-0.4, -0.2) is 21.1 Å². The third-order valence-electron chi connectivity index (χ3n) is 4.69. The Kier molecular flexibility index (Phi) is 4.96. The number of benzene rings is 1. The van der Waals surface area contributed by atoms with Gasteiger partial charge in [-0.3, -0.25) is 4.79 Å². The van der Waals surface area contributed by atoms with Gasteiger partial charge in [0.15, 0.2) is 0 Å². The quantitative estimate of drug-likeness (QED) is 0.509. The van der Waals surface area contributed by atoms with Gasteiger partial charge in [0.25, 0.3) is 0 Å². The van der Waals surface area contributed by atoms with Crippen LogP contribution in [0.3, 0.4) is 0 Å². The lowest BCUT2D eigenvalue weighted by Crippen LogP contribution is -2.22. The number of carbonyl (C=O) groups excluding carboxylic acids is 1. The summed E-state index contributed by atoms with van der Waals surface area (Å²) in [5.41, 5.74) is 3.41. The summed E-state index contributed by atoms with van der Waals surface area (Å²) in [6, 6.07) is 7.86. The highest BCUT2D eigenvalue weighted by Crippen LogP contribution is 2.40. The number of thiophene rings is 1. The van der Waals surface area contributed by atoms with Crippen LogP contribution in [-0.2, 0) is 17.6 Å². The van der Waals surface area contributed by atoms with Crippen molar-refractivity contribution in [2.24, 2.45) is 0 Å². The van der Waals surface area contributed by atoms with Crippen molar-refractivity contribution >= 4 is 44.9 Å². The fraction of sp³-hybridized carbons (Fsp3) is 0.350. The smallest absolute Gasteiger partial charge is 0.237 e.